The molecule has 0 fully saturated rings. The summed E-state index contributed by atoms with van der Waals surface area (Å²) in [6, 6.07) is 6.28. The van der Waals surface area contributed by atoms with Crippen molar-refractivity contribution in [1.29, 1.82) is 0 Å². The molecule has 1 atom stereocenters. The van der Waals surface area contributed by atoms with Crippen LogP contribution in [0.1, 0.15) is 24.1 Å². The minimum absolute atomic E-state index is 0.126. The molecule has 0 radical (unpaired) electrons. The monoisotopic (exact) mass is 347 g/mol. The van der Waals surface area contributed by atoms with Gasteiger partial charge in [-0.05, 0) is 39.5 Å². The molecule has 3 rings (SSSR count). The highest BCUT2D eigenvalue weighted by Gasteiger charge is 2.19. The molecule has 0 aliphatic carbocycles. The van der Waals surface area contributed by atoms with Gasteiger partial charge in [-0.3, -0.25) is 9.97 Å². The molecule has 2 heterocycles. The first-order valence-corrected chi connectivity index (χ1v) is 8.19. The van der Waals surface area contributed by atoms with E-state index < -0.39 is 0 Å². The van der Waals surface area contributed by atoms with Crippen molar-refractivity contribution in [3.63, 3.8) is 0 Å². The smallest absolute Gasteiger partial charge is 0.0937 e. The lowest BCUT2D eigenvalue weighted by Crippen LogP contribution is -2.22. The van der Waals surface area contributed by atoms with E-state index in [2.05, 4.69) is 55.0 Å². The molecular formula is C15H14BrN3S. The highest BCUT2D eigenvalue weighted by molar-refractivity contribution is 9.10. The van der Waals surface area contributed by atoms with Gasteiger partial charge in [0.05, 0.1) is 17.1 Å². The van der Waals surface area contributed by atoms with Gasteiger partial charge in [-0.25, -0.2) is 0 Å². The van der Waals surface area contributed by atoms with Crippen molar-refractivity contribution in [2.24, 2.45) is 0 Å². The number of hydrogen-bond donors (Lipinski definition) is 1. The van der Waals surface area contributed by atoms with Crippen molar-refractivity contribution in [3.8, 4) is 0 Å². The van der Waals surface area contributed by atoms with Gasteiger partial charge in [0, 0.05) is 27.8 Å². The normalized spacial score (nSPS) is 12.7. The Kier molecular flexibility index (Phi) is 4.10. The van der Waals surface area contributed by atoms with Crippen LogP contribution in [-0.4, -0.2) is 16.5 Å². The molecule has 0 spiro atoms. The lowest BCUT2D eigenvalue weighted by molar-refractivity contribution is 0.633. The van der Waals surface area contributed by atoms with Crippen molar-refractivity contribution in [2.75, 3.05) is 6.54 Å². The first kappa shape index (κ1) is 13.7. The second-order valence-electron chi connectivity index (χ2n) is 4.44. The molecule has 0 saturated carbocycles. The second kappa shape index (κ2) is 5.99. The predicted octanol–water partition coefficient (Wildman–Crippen LogP) is 4.15. The van der Waals surface area contributed by atoms with Crippen LogP contribution in [0, 0.1) is 0 Å². The summed E-state index contributed by atoms with van der Waals surface area (Å²) < 4.78 is 1.13. The number of hydrogen-bond acceptors (Lipinski definition) is 4. The van der Waals surface area contributed by atoms with Crippen LogP contribution < -0.4 is 5.32 Å². The van der Waals surface area contributed by atoms with Crippen molar-refractivity contribution < 1.29 is 0 Å². The third kappa shape index (κ3) is 2.49. The maximum absolute atomic E-state index is 4.51. The van der Waals surface area contributed by atoms with Crippen LogP contribution in [0.4, 0.5) is 0 Å². The maximum atomic E-state index is 4.51. The molecule has 102 valence electrons. The lowest BCUT2D eigenvalue weighted by atomic mass is 9.99. The predicted molar refractivity (Wildman–Crippen MR) is 87.1 cm³/mol. The van der Waals surface area contributed by atoms with E-state index in [-0.39, 0.29) is 6.04 Å². The van der Waals surface area contributed by atoms with E-state index in [1.807, 2.05) is 12.1 Å². The fourth-order valence-electron chi connectivity index (χ4n) is 2.34. The van der Waals surface area contributed by atoms with Crippen molar-refractivity contribution in [1.82, 2.24) is 15.3 Å². The quantitative estimate of drug-likeness (QED) is 0.770. The van der Waals surface area contributed by atoms with Crippen molar-refractivity contribution in [2.45, 2.75) is 13.0 Å². The summed E-state index contributed by atoms with van der Waals surface area (Å²) in [6.45, 7) is 3.01. The minimum atomic E-state index is 0.126. The van der Waals surface area contributed by atoms with Gasteiger partial charge in [-0.15, -0.1) is 0 Å². The van der Waals surface area contributed by atoms with E-state index in [1.54, 1.807) is 23.7 Å². The summed E-state index contributed by atoms with van der Waals surface area (Å²) in [4.78, 5) is 8.90. The summed E-state index contributed by atoms with van der Waals surface area (Å²) in [5.41, 5.74) is 4.30. The summed E-state index contributed by atoms with van der Waals surface area (Å²) in [5.74, 6) is 0. The highest BCUT2D eigenvalue weighted by atomic mass is 79.9. The fraction of sp³-hybridized carbons (Fsp3) is 0.200. The van der Waals surface area contributed by atoms with Crippen molar-refractivity contribution >= 4 is 38.3 Å². The van der Waals surface area contributed by atoms with Gasteiger partial charge in [0.2, 0.25) is 0 Å². The molecule has 2 aromatic heterocycles. The van der Waals surface area contributed by atoms with E-state index in [0.717, 1.165) is 27.6 Å². The number of fused-ring (bicyclic) bond motifs is 1. The summed E-state index contributed by atoms with van der Waals surface area (Å²) in [6.07, 6.45) is 3.48. The van der Waals surface area contributed by atoms with Gasteiger partial charge >= 0.3 is 0 Å². The van der Waals surface area contributed by atoms with Crippen LogP contribution in [0.15, 0.2) is 45.8 Å². The number of benzene rings is 1. The van der Waals surface area contributed by atoms with E-state index in [9.17, 15) is 0 Å². The van der Waals surface area contributed by atoms with Gasteiger partial charge in [0.1, 0.15) is 0 Å². The number of aromatic nitrogens is 2. The standard InChI is InChI=1S/C15H14BrN3S/c1-2-17-14(11-8-20-9-12(11)16)10-4-3-5-13-15(10)19-7-6-18-13/h3-9,14,17H,2H2,1H3. The number of rotatable bonds is 4. The lowest BCUT2D eigenvalue weighted by Gasteiger charge is -2.19. The molecule has 0 saturated heterocycles. The molecule has 0 aliphatic heterocycles. The largest absolute Gasteiger partial charge is 0.306 e. The number of para-hydroxylation sites is 1. The Bertz CT molecular complexity index is 720. The highest BCUT2D eigenvalue weighted by Crippen LogP contribution is 2.33. The van der Waals surface area contributed by atoms with Crippen LogP contribution in [0.25, 0.3) is 11.0 Å². The van der Waals surface area contributed by atoms with E-state index >= 15 is 0 Å². The van der Waals surface area contributed by atoms with E-state index in [0.29, 0.717) is 0 Å². The number of halogens is 1. The second-order valence-corrected chi connectivity index (χ2v) is 6.03. The molecule has 5 heteroatoms. The maximum Gasteiger partial charge on any atom is 0.0937 e. The molecule has 20 heavy (non-hydrogen) atoms. The van der Waals surface area contributed by atoms with Gasteiger partial charge < -0.3 is 5.32 Å². The van der Waals surface area contributed by atoms with Gasteiger partial charge in [-0.1, -0.05) is 19.1 Å². The van der Waals surface area contributed by atoms with Gasteiger partial charge in [0.15, 0.2) is 0 Å². The zero-order chi connectivity index (χ0) is 13.9. The average molecular weight is 348 g/mol. The Balaban J connectivity index is 2.17. The van der Waals surface area contributed by atoms with E-state index in [4.69, 9.17) is 0 Å². The van der Waals surface area contributed by atoms with Gasteiger partial charge in [-0.2, -0.15) is 11.3 Å². The third-order valence-electron chi connectivity index (χ3n) is 3.20. The van der Waals surface area contributed by atoms with E-state index in [1.165, 1.54) is 5.56 Å². The zero-order valence-corrected chi connectivity index (χ0v) is 13.4. The molecule has 0 bridgehead atoms. The fourth-order valence-corrected chi connectivity index (χ4v) is 3.89. The Labute approximate surface area is 130 Å². The van der Waals surface area contributed by atoms with Crippen LogP contribution in [0.5, 0.6) is 0 Å². The third-order valence-corrected chi connectivity index (χ3v) is 4.95. The Morgan fingerprint density at radius 1 is 1.20 bits per heavy atom. The molecule has 3 nitrogen and oxygen atoms in total. The topological polar surface area (TPSA) is 37.8 Å². The first-order valence-electron chi connectivity index (χ1n) is 6.46. The number of thiophene rings is 1. The van der Waals surface area contributed by atoms with Crippen LogP contribution in [0.3, 0.4) is 0 Å². The SMILES string of the molecule is CCNC(c1cscc1Br)c1cccc2nccnc12. The molecular weight excluding hydrogens is 334 g/mol. The summed E-state index contributed by atoms with van der Waals surface area (Å²) >= 11 is 5.33. The first-order chi connectivity index (χ1) is 9.81. The molecule has 1 N–H and O–H groups in total. The molecule has 0 aliphatic rings. The molecule has 1 unspecified atom stereocenters. The summed E-state index contributed by atoms with van der Waals surface area (Å²) in [5, 5.41) is 7.82. The zero-order valence-electron chi connectivity index (χ0n) is 11.0. The van der Waals surface area contributed by atoms with Crippen LogP contribution >= 0.6 is 27.3 Å². The molecule has 0 amide bonds. The van der Waals surface area contributed by atoms with Gasteiger partial charge in [0.25, 0.3) is 0 Å². The molecule has 3 aromatic rings. The summed E-state index contributed by atoms with van der Waals surface area (Å²) in [7, 11) is 0. The average Bonchev–Trinajstić information content (AvgIpc) is 2.90. The Morgan fingerprint density at radius 3 is 2.80 bits per heavy atom. The molecule has 1 aromatic carbocycles. The number of nitrogens with zero attached hydrogens (tertiary/aromatic N) is 2. The minimum Gasteiger partial charge on any atom is -0.306 e. The van der Waals surface area contributed by atoms with Crippen LogP contribution in [0.2, 0.25) is 0 Å². The van der Waals surface area contributed by atoms with Crippen molar-refractivity contribution in [3.05, 3.63) is 57.0 Å². The van der Waals surface area contributed by atoms with Crippen LogP contribution in [-0.2, 0) is 0 Å². The Hall–Kier alpha value is -1.30. The number of nitrogens with one attached hydrogen (secondary N) is 1. The Morgan fingerprint density at radius 2 is 2.05 bits per heavy atom.